The van der Waals surface area contributed by atoms with Gasteiger partial charge in [0.05, 0.1) is 11.0 Å². The molecule has 3 rings (SSSR count). The molecule has 0 amide bonds. The summed E-state index contributed by atoms with van der Waals surface area (Å²) in [5.74, 6) is 8.00. The van der Waals surface area contributed by atoms with Crippen LogP contribution < -0.4 is 5.84 Å². The second kappa shape index (κ2) is 6.21. The molecule has 3 aromatic rings. The Morgan fingerprint density at radius 2 is 1.48 bits per heavy atom. The van der Waals surface area contributed by atoms with Gasteiger partial charge in [0.15, 0.2) is 0 Å². The molecule has 0 saturated heterocycles. The fourth-order valence-corrected chi connectivity index (χ4v) is 3.92. The van der Waals surface area contributed by atoms with E-state index in [9.17, 15) is 0 Å². The van der Waals surface area contributed by atoms with Crippen molar-refractivity contribution in [2.45, 2.75) is 60.3 Å². The van der Waals surface area contributed by atoms with Gasteiger partial charge in [-0.25, -0.2) is 9.66 Å². The van der Waals surface area contributed by atoms with E-state index in [1.165, 1.54) is 33.4 Å². The van der Waals surface area contributed by atoms with Crippen LogP contribution in [-0.2, 0) is 0 Å². The maximum Gasteiger partial charge on any atom is 0.131 e. The highest BCUT2D eigenvalue weighted by molar-refractivity contribution is 5.96. The van der Waals surface area contributed by atoms with Crippen LogP contribution in [0.1, 0.15) is 67.6 Å². The van der Waals surface area contributed by atoms with Crippen LogP contribution in [0.3, 0.4) is 0 Å². The molecule has 0 aliphatic rings. The van der Waals surface area contributed by atoms with Crippen molar-refractivity contribution < 1.29 is 0 Å². The molecular formula is C22H29N3. The van der Waals surface area contributed by atoms with E-state index in [4.69, 9.17) is 10.8 Å². The zero-order valence-electron chi connectivity index (χ0n) is 16.4. The number of benzene rings is 2. The Hall–Kier alpha value is -2.29. The van der Waals surface area contributed by atoms with E-state index in [0.29, 0.717) is 5.92 Å². The summed E-state index contributed by atoms with van der Waals surface area (Å²) in [5, 5.41) is 0. The molecule has 0 fully saturated rings. The van der Waals surface area contributed by atoms with Crippen LogP contribution in [0.15, 0.2) is 24.3 Å². The summed E-state index contributed by atoms with van der Waals surface area (Å²) in [4.78, 5) is 4.97. The number of nitrogens with zero attached hydrogens (tertiary/aromatic N) is 2. The number of aromatic nitrogens is 2. The third-order valence-electron chi connectivity index (χ3n) is 4.99. The molecule has 1 aromatic heterocycles. The molecule has 0 unspecified atom stereocenters. The van der Waals surface area contributed by atoms with E-state index in [1.807, 2.05) is 0 Å². The molecule has 0 spiro atoms. The molecule has 25 heavy (non-hydrogen) atoms. The molecule has 1 heterocycles. The Kier molecular flexibility index (Phi) is 4.36. The van der Waals surface area contributed by atoms with Crippen LogP contribution in [0.5, 0.6) is 0 Å². The van der Waals surface area contributed by atoms with Gasteiger partial charge in [0.2, 0.25) is 0 Å². The van der Waals surface area contributed by atoms with Crippen LogP contribution >= 0.6 is 0 Å². The molecule has 3 heteroatoms. The van der Waals surface area contributed by atoms with Gasteiger partial charge in [-0.2, -0.15) is 0 Å². The summed E-state index contributed by atoms with van der Waals surface area (Å²) in [7, 11) is 0. The molecule has 0 aliphatic carbocycles. The minimum atomic E-state index is 0.285. The minimum Gasteiger partial charge on any atom is -0.337 e. The molecule has 2 aromatic carbocycles. The fourth-order valence-electron chi connectivity index (χ4n) is 3.92. The van der Waals surface area contributed by atoms with Gasteiger partial charge in [0.1, 0.15) is 5.82 Å². The van der Waals surface area contributed by atoms with Crippen LogP contribution in [0.4, 0.5) is 0 Å². The number of rotatable bonds is 3. The van der Waals surface area contributed by atoms with Crippen LogP contribution in [-0.4, -0.2) is 9.66 Å². The third kappa shape index (κ3) is 2.82. The van der Waals surface area contributed by atoms with Gasteiger partial charge >= 0.3 is 0 Å². The molecule has 3 nitrogen and oxygen atoms in total. The summed E-state index contributed by atoms with van der Waals surface area (Å²) >= 11 is 0. The number of hydrogen-bond acceptors (Lipinski definition) is 2. The highest BCUT2D eigenvalue weighted by Gasteiger charge is 2.21. The highest BCUT2D eigenvalue weighted by Crippen LogP contribution is 2.39. The topological polar surface area (TPSA) is 43.8 Å². The zero-order valence-corrected chi connectivity index (χ0v) is 16.4. The number of fused-ring (bicyclic) bond motifs is 1. The smallest absolute Gasteiger partial charge is 0.131 e. The first kappa shape index (κ1) is 17.5. The predicted octanol–water partition coefficient (Wildman–Crippen LogP) is 5.59. The van der Waals surface area contributed by atoms with Crippen molar-refractivity contribution in [1.82, 2.24) is 9.66 Å². The first-order valence-electron chi connectivity index (χ1n) is 9.10. The Morgan fingerprint density at radius 1 is 0.880 bits per heavy atom. The van der Waals surface area contributed by atoms with E-state index in [0.717, 1.165) is 16.9 Å². The molecule has 0 bridgehead atoms. The van der Waals surface area contributed by atoms with Crippen molar-refractivity contribution in [2.75, 3.05) is 5.84 Å². The normalized spacial score (nSPS) is 11.9. The number of nitrogen functional groups attached to an aromatic ring is 1. The van der Waals surface area contributed by atoms with Gasteiger partial charge in [0.25, 0.3) is 0 Å². The summed E-state index contributed by atoms with van der Waals surface area (Å²) in [6.07, 6.45) is 0. The van der Waals surface area contributed by atoms with Gasteiger partial charge in [0, 0.05) is 11.5 Å². The van der Waals surface area contributed by atoms with Crippen LogP contribution in [0, 0.1) is 20.8 Å². The van der Waals surface area contributed by atoms with Crippen molar-refractivity contribution in [3.8, 4) is 11.1 Å². The number of nitrogens with two attached hydrogens (primary N) is 1. The number of aryl methyl sites for hydroxylation is 3. The van der Waals surface area contributed by atoms with Gasteiger partial charge in [-0.05, 0) is 55.0 Å². The SMILES string of the molecule is Cc1cc(C)c(-c2c(C(C)C)ccc3c2nc(C(C)C)n3N)c(C)c1. The summed E-state index contributed by atoms with van der Waals surface area (Å²) in [6.45, 7) is 15.3. The second-order valence-corrected chi connectivity index (χ2v) is 7.82. The number of hydrogen-bond donors (Lipinski definition) is 1. The van der Waals surface area contributed by atoms with E-state index < -0.39 is 0 Å². The Balaban J connectivity index is 2.47. The Morgan fingerprint density at radius 3 is 2.00 bits per heavy atom. The third-order valence-corrected chi connectivity index (χ3v) is 4.99. The standard InChI is InChI=1S/C22H29N3/c1-12(2)17-8-9-18-21(24-22(13(3)4)25(18)23)20(17)19-15(6)10-14(5)11-16(19)7/h8-13H,23H2,1-7H3. The van der Waals surface area contributed by atoms with Gasteiger partial charge in [-0.3, -0.25) is 0 Å². The quantitative estimate of drug-likeness (QED) is 0.634. The maximum absolute atomic E-state index is 6.37. The lowest BCUT2D eigenvalue weighted by atomic mass is 9.86. The first-order valence-corrected chi connectivity index (χ1v) is 9.10. The molecule has 0 radical (unpaired) electrons. The largest absolute Gasteiger partial charge is 0.337 e. The van der Waals surface area contributed by atoms with Crippen molar-refractivity contribution in [3.05, 3.63) is 52.3 Å². The second-order valence-electron chi connectivity index (χ2n) is 7.82. The molecule has 2 N–H and O–H groups in total. The van der Waals surface area contributed by atoms with E-state index in [2.05, 4.69) is 72.7 Å². The Bertz CT molecular complexity index is 923. The first-order chi connectivity index (χ1) is 11.7. The van der Waals surface area contributed by atoms with E-state index in [-0.39, 0.29) is 5.92 Å². The monoisotopic (exact) mass is 335 g/mol. The Labute approximate surface area is 150 Å². The minimum absolute atomic E-state index is 0.285. The van der Waals surface area contributed by atoms with Gasteiger partial charge in [-0.1, -0.05) is 51.5 Å². The molecule has 0 aliphatic heterocycles. The predicted molar refractivity (Wildman–Crippen MR) is 108 cm³/mol. The number of imidazole rings is 1. The fraction of sp³-hybridized carbons (Fsp3) is 0.409. The summed E-state index contributed by atoms with van der Waals surface area (Å²) < 4.78 is 1.76. The van der Waals surface area contributed by atoms with Gasteiger partial charge < -0.3 is 5.84 Å². The average molecular weight is 335 g/mol. The lowest BCUT2D eigenvalue weighted by molar-refractivity contribution is 0.745. The van der Waals surface area contributed by atoms with Crippen molar-refractivity contribution in [2.24, 2.45) is 0 Å². The lowest BCUT2D eigenvalue weighted by Gasteiger charge is -2.18. The summed E-state index contributed by atoms with van der Waals surface area (Å²) in [5.41, 5.74) is 9.78. The molecule has 132 valence electrons. The van der Waals surface area contributed by atoms with Crippen LogP contribution in [0.25, 0.3) is 22.2 Å². The summed E-state index contributed by atoms with van der Waals surface area (Å²) in [6, 6.07) is 8.85. The zero-order chi connectivity index (χ0) is 18.5. The van der Waals surface area contributed by atoms with Crippen molar-refractivity contribution in [1.29, 1.82) is 0 Å². The van der Waals surface area contributed by atoms with E-state index in [1.54, 1.807) is 4.68 Å². The maximum atomic E-state index is 6.37. The van der Waals surface area contributed by atoms with Gasteiger partial charge in [-0.15, -0.1) is 0 Å². The molecule has 0 saturated carbocycles. The van der Waals surface area contributed by atoms with Crippen molar-refractivity contribution >= 4 is 11.0 Å². The van der Waals surface area contributed by atoms with Crippen LogP contribution in [0.2, 0.25) is 0 Å². The van der Waals surface area contributed by atoms with Crippen molar-refractivity contribution in [3.63, 3.8) is 0 Å². The molecular weight excluding hydrogens is 306 g/mol. The average Bonchev–Trinajstić information content (AvgIpc) is 2.84. The molecule has 0 atom stereocenters. The lowest BCUT2D eigenvalue weighted by Crippen LogP contribution is -2.13. The highest BCUT2D eigenvalue weighted by atomic mass is 15.3. The van der Waals surface area contributed by atoms with E-state index >= 15 is 0 Å².